The lowest BCUT2D eigenvalue weighted by atomic mass is 9.96. The van der Waals surface area contributed by atoms with Crippen molar-refractivity contribution in [2.45, 2.75) is 26.8 Å². The first kappa shape index (κ1) is 18.9. The summed E-state index contributed by atoms with van der Waals surface area (Å²) >= 11 is 0. The highest BCUT2D eigenvalue weighted by Gasteiger charge is 2.17. The zero-order valence-electron chi connectivity index (χ0n) is 14.9. The lowest BCUT2D eigenvalue weighted by Gasteiger charge is -2.23. The number of benzene rings is 2. The number of nitrogens with one attached hydrogen (secondary N) is 2. The van der Waals surface area contributed by atoms with Gasteiger partial charge in [-0.25, -0.2) is 4.39 Å². The molecule has 0 unspecified atom stereocenters. The van der Waals surface area contributed by atoms with Gasteiger partial charge in [0.05, 0.1) is 18.8 Å². The van der Waals surface area contributed by atoms with Gasteiger partial charge in [-0.1, -0.05) is 38.1 Å². The fourth-order valence-corrected chi connectivity index (χ4v) is 2.66. The monoisotopic (exact) mass is 344 g/mol. The molecule has 25 heavy (non-hydrogen) atoms. The van der Waals surface area contributed by atoms with Gasteiger partial charge >= 0.3 is 0 Å². The van der Waals surface area contributed by atoms with E-state index in [-0.39, 0.29) is 30.2 Å². The molecule has 0 bridgehead atoms. The van der Waals surface area contributed by atoms with Crippen LogP contribution >= 0.6 is 0 Å². The van der Waals surface area contributed by atoms with Crippen molar-refractivity contribution in [2.75, 3.05) is 18.5 Å². The van der Waals surface area contributed by atoms with E-state index in [2.05, 4.69) is 24.5 Å². The van der Waals surface area contributed by atoms with E-state index in [4.69, 9.17) is 4.74 Å². The molecule has 0 heterocycles. The molecule has 0 aromatic heterocycles. The van der Waals surface area contributed by atoms with Gasteiger partial charge in [0.15, 0.2) is 0 Å². The molecule has 0 aliphatic heterocycles. The fourth-order valence-electron chi connectivity index (χ4n) is 2.66. The maximum atomic E-state index is 13.1. The van der Waals surface area contributed by atoms with Gasteiger partial charge in [-0.2, -0.15) is 0 Å². The maximum Gasteiger partial charge on any atom is 0.238 e. The van der Waals surface area contributed by atoms with E-state index in [0.717, 1.165) is 5.56 Å². The third-order valence-corrected chi connectivity index (χ3v) is 3.84. The van der Waals surface area contributed by atoms with Crippen LogP contribution in [0.15, 0.2) is 48.5 Å². The Morgan fingerprint density at radius 2 is 1.80 bits per heavy atom. The van der Waals surface area contributed by atoms with E-state index in [1.165, 1.54) is 12.1 Å². The van der Waals surface area contributed by atoms with Gasteiger partial charge < -0.3 is 15.4 Å². The van der Waals surface area contributed by atoms with E-state index in [9.17, 15) is 9.18 Å². The molecule has 1 amide bonds. The number of carbonyl (C=O) groups excluding carboxylic acids is 1. The molecule has 2 N–H and O–H groups in total. The SMILES string of the molecule is CCOc1ccccc1NC(=O)CN[C@@H](c1ccc(F)cc1)C(C)C. The van der Waals surface area contributed by atoms with Gasteiger partial charge in [0, 0.05) is 6.04 Å². The van der Waals surface area contributed by atoms with Gasteiger partial charge in [-0.15, -0.1) is 0 Å². The molecular weight excluding hydrogens is 319 g/mol. The number of para-hydroxylation sites is 2. The van der Waals surface area contributed by atoms with E-state index in [1.54, 1.807) is 12.1 Å². The molecule has 0 aliphatic rings. The van der Waals surface area contributed by atoms with Crippen LogP contribution in [0.1, 0.15) is 32.4 Å². The Morgan fingerprint density at radius 1 is 1.12 bits per heavy atom. The quantitative estimate of drug-likeness (QED) is 0.756. The van der Waals surface area contributed by atoms with Gasteiger partial charge in [0.1, 0.15) is 11.6 Å². The van der Waals surface area contributed by atoms with Crippen molar-refractivity contribution in [1.29, 1.82) is 0 Å². The summed E-state index contributed by atoms with van der Waals surface area (Å²) in [4.78, 5) is 12.3. The van der Waals surface area contributed by atoms with Crippen molar-refractivity contribution in [3.05, 3.63) is 59.9 Å². The Hall–Kier alpha value is -2.40. The summed E-state index contributed by atoms with van der Waals surface area (Å²) in [5.74, 6) is 0.489. The maximum absolute atomic E-state index is 13.1. The van der Waals surface area contributed by atoms with Gasteiger partial charge in [-0.3, -0.25) is 4.79 Å². The standard InChI is InChI=1S/C20H25FN2O2/c1-4-25-18-8-6-5-7-17(18)23-19(24)13-22-20(14(2)3)15-9-11-16(21)12-10-15/h5-12,14,20,22H,4,13H2,1-3H3,(H,23,24)/t20-/m1/s1. The average molecular weight is 344 g/mol. The highest BCUT2D eigenvalue weighted by atomic mass is 19.1. The summed E-state index contributed by atoms with van der Waals surface area (Å²) in [5.41, 5.74) is 1.61. The van der Waals surface area contributed by atoms with E-state index >= 15 is 0 Å². The summed E-state index contributed by atoms with van der Waals surface area (Å²) in [6, 6.07) is 13.7. The van der Waals surface area contributed by atoms with Crippen LogP contribution in [0.3, 0.4) is 0 Å². The summed E-state index contributed by atoms with van der Waals surface area (Å²) in [7, 11) is 0. The highest BCUT2D eigenvalue weighted by Crippen LogP contribution is 2.24. The lowest BCUT2D eigenvalue weighted by Crippen LogP contribution is -2.33. The molecule has 134 valence electrons. The molecule has 2 aromatic carbocycles. The molecule has 1 atom stereocenters. The van der Waals surface area contributed by atoms with Crippen molar-refractivity contribution in [1.82, 2.24) is 5.32 Å². The Balaban J connectivity index is 1.99. The number of amides is 1. The van der Waals surface area contributed by atoms with E-state index in [0.29, 0.717) is 18.0 Å². The Kier molecular flexibility index (Phi) is 6.95. The summed E-state index contributed by atoms with van der Waals surface area (Å²) < 4.78 is 18.6. The Labute approximate surface area is 148 Å². The molecule has 0 aliphatic carbocycles. The van der Waals surface area contributed by atoms with Crippen LogP contribution in [0, 0.1) is 11.7 Å². The zero-order valence-corrected chi connectivity index (χ0v) is 14.9. The third kappa shape index (κ3) is 5.57. The van der Waals surface area contributed by atoms with Gasteiger partial charge in [-0.05, 0) is 42.7 Å². The van der Waals surface area contributed by atoms with Crippen LogP contribution in [-0.4, -0.2) is 19.1 Å². The van der Waals surface area contributed by atoms with Crippen LogP contribution in [0.4, 0.5) is 10.1 Å². The summed E-state index contributed by atoms with van der Waals surface area (Å²) in [5, 5.41) is 6.11. The summed E-state index contributed by atoms with van der Waals surface area (Å²) in [6.45, 7) is 6.70. The minimum absolute atomic E-state index is 0.0338. The predicted molar refractivity (Wildman–Crippen MR) is 98.2 cm³/mol. The molecule has 2 aromatic rings. The fraction of sp³-hybridized carbons (Fsp3) is 0.350. The van der Waals surface area contributed by atoms with Crippen LogP contribution in [0.5, 0.6) is 5.75 Å². The van der Waals surface area contributed by atoms with Crippen LogP contribution in [0.2, 0.25) is 0 Å². The molecule has 0 saturated carbocycles. The average Bonchev–Trinajstić information content (AvgIpc) is 2.58. The van der Waals surface area contributed by atoms with Crippen molar-refractivity contribution in [2.24, 2.45) is 5.92 Å². The van der Waals surface area contributed by atoms with Crippen LogP contribution in [-0.2, 0) is 4.79 Å². The third-order valence-electron chi connectivity index (χ3n) is 3.84. The van der Waals surface area contributed by atoms with E-state index < -0.39 is 0 Å². The highest BCUT2D eigenvalue weighted by molar-refractivity contribution is 5.93. The minimum Gasteiger partial charge on any atom is -0.492 e. The molecule has 5 heteroatoms. The largest absolute Gasteiger partial charge is 0.492 e. The molecule has 0 saturated heterocycles. The van der Waals surface area contributed by atoms with E-state index in [1.807, 2.05) is 31.2 Å². The van der Waals surface area contributed by atoms with Crippen LogP contribution in [0.25, 0.3) is 0 Å². The second-order valence-corrected chi connectivity index (χ2v) is 6.13. The topological polar surface area (TPSA) is 50.4 Å². The Bertz CT molecular complexity index is 686. The molecule has 0 fully saturated rings. The number of anilines is 1. The van der Waals surface area contributed by atoms with Crippen molar-refractivity contribution < 1.29 is 13.9 Å². The molecule has 0 radical (unpaired) electrons. The molecule has 2 rings (SSSR count). The first-order valence-electron chi connectivity index (χ1n) is 8.51. The number of hydrogen-bond donors (Lipinski definition) is 2. The minimum atomic E-state index is -0.267. The number of rotatable bonds is 8. The van der Waals surface area contributed by atoms with Gasteiger partial charge in [0.2, 0.25) is 5.91 Å². The second-order valence-electron chi connectivity index (χ2n) is 6.13. The van der Waals surface area contributed by atoms with Crippen LogP contribution < -0.4 is 15.4 Å². The van der Waals surface area contributed by atoms with Crippen molar-refractivity contribution in [3.8, 4) is 5.75 Å². The number of halogens is 1. The lowest BCUT2D eigenvalue weighted by molar-refractivity contribution is -0.115. The predicted octanol–water partition coefficient (Wildman–Crippen LogP) is 4.15. The smallest absolute Gasteiger partial charge is 0.238 e. The second kappa shape index (κ2) is 9.18. The number of ether oxygens (including phenoxy) is 1. The van der Waals surface area contributed by atoms with Gasteiger partial charge in [0.25, 0.3) is 0 Å². The molecule has 4 nitrogen and oxygen atoms in total. The normalized spacial score (nSPS) is 12.0. The number of carbonyl (C=O) groups is 1. The van der Waals surface area contributed by atoms with Crippen molar-refractivity contribution >= 4 is 11.6 Å². The number of hydrogen-bond acceptors (Lipinski definition) is 3. The Morgan fingerprint density at radius 3 is 2.44 bits per heavy atom. The first-order chi connectivity index (χ1) is 12.0. The van der Waals surface area contributed by atoms with Crippen molar-refractivity contribution in [3.63, 3.8) is 0 Å². The summed E-state index contributed by atoms with van der Waals surface area (Å²) in [6.07, 6.45) is 0. The first-order valence-corrected chi connectivity index (χ1v) is 8.51. The molecular formula is C20H25FN2O2. The molecule has 0 spiro atoms. The zero-order chi connectivity index (χ0) is 18.2.